The van der Waals surface area contributed by atoms with Crippen molar-refractivity contribution >= 4 is 29.2 Å². The first kappa shape index (κ1) is 21.9. The predicted octanol–water partition coefficient (Wildman–Crippen LogP) is 4.44. The van der Waals surface area contributed by atoms with Crippen LogP contribution in [0.3, 0.4) is 0 Å². The van der Waals surface area contributed by atoms with Gasteiger partial charge < -0.3 is 20.3 Å². The molecule has 30 heavy (non-hydrogen) atoms. The Bertz CT molecular complexity index is 940. The van der Waals surface area contributed by atoms with Gasteiger partial charge >= 0.3 is 6.03 Å². The van der Waals surface area contributed by atoms with Crippen molar-refractivity contribution in [3.05, 3.63) is 58.9 Å². The van der Waals surface area contributed by atoms with E-state index in [0.29, 0.717) is 31.6 Å². The van der Waals surface area contributed by atoms with Crippen molar-refractivity contribution in [2.75, 3.05) is 25.5 Å². The lowest BCUT2D eigenvalue weighted by Crippen LogP contribution is -2.52. The molecule has 1 heterocycles. The van der Waals surface area contributed by atoms with E-state index < -0.39 is 11.2 Å². The SMILES string of the molecule is COc1cccc(CNC(=O)C2(C)CCCN(C(=O)Nc3ccc(F)c(Cl)c3)C2)c1. The highest BCUT2D eigenvalue weighted by Crippen LogP contribution is 2.30. The summed E-state index contributed by atoms with van der Waals surface area (Å²) in [5, 5.41) is 5.63. The summed E-state index contributed by atoms with van der Waals surface area (Å²) in [6.07, 6.45) is 1.39. The molecule has 2 aromatic rings. The summed E-state index contributed by atoms with van der Waals surface area (Å²) in [4.78, 5) is 27.2. The first-order valence-electron chi connectivity index (χ1n) is 9.73. The number of hydrogen-bond donors (Lipinski definition) is 2. The molecule has 0 saturated carbocycles. The Morgan fingerprint density at radius 3 is 2.80 bits per heavy atom. The number of halogens is 2. The van der Waals surface area contributed by atoms with Gasteiger partial charge in [0, 0.05) is 25.3 Å². The van der Waals surface area contributed by atoms with Crippen LogP contribution < -0.4 is 15.4 Å². The van der Waals surface area contributed by atoms with E-state index in [4.69, 9.17) is 16.3 Å². The standard InChI is InChI=1S/C22H25ClFN3O3/c1-22(20(28)25-13-15-5-3-6-17(11-15)30-2)9-4-10-27(14-22)21(29)26-16-7-8-19(24)18(23)12-16/h3,5-8,11-12H,4,9-10,13-14H2,1-2H3,(H,25,28)(H,26,29). The molecule has 6 nitrogen and oxygen atoms in total. The fraction of sp³-hybridized carbons (Fsp3) is 0.364. The minimum Gasteiger partial charge on any atom is -0.497 e. The number of carbonyl (C=O) groups is 2. The molecular weight excluding hydrogens is 409 g/mol. The number of piperidine rings is 1. The average molecular weight is 434 g/mol. The van der Waals surface area contributed by atoms with Crippen LogP contribution in [0.5, 0.6) is 5.75 Å². The summed E-state index contributed by atoms with van der Waals surface area (Å²) in [6, 6.07) is 11.2. The third kappa shape index (κ3) is 5.21. The number of ether oxygens (including phenoxy) is 1. The average Bonchev–Trinajstić information content (AvgIpc) is 2.74. The number of amides is 3. The Morgan fingerprint density at radius 2 is 2.07 bits per heavy atom. The summed E-state index contributed by atoms with van der Waals surface area (Å²) in [7, 11) is 1.60. The number of rotatable bonds is 5. The summed E-state index contributed by atoms with van der Waals surface area (Å²) in [5.41, 5.74) is 0.639. The van der Waals surface area contributed by atoms with Crippen LogP contribution in [0.2, 0.25) is 5.02 Å². The van der Waals surface area contributed by atoms with Crippen LogP contribution in [0.15, 0.2) is 42.5 Å². The maximum Gasteiger partial charge on any atom is 0.321 e. The molecule has 0 radical (unpaired) electrons. The smallest absolute Gasteiger partial charge is 0.321 e. The molecule has 1 atom stereocenters. The Morgan fingerprint density at radius 1 is 1.27 bits per heavy atom. The van der Waals surface area contributed by atoms with Crippen molar-refractivity contribution in [2.24, 2.45) is 5.41 Å². The van der Waals surface area contributed by atoms with Crippen LogP contribution >= 0.6 is 11.6 Å². The molecule has 1 unspecified atom stereocenters. The second-order valence-corrected chi connectivity index (χ2v) is 8.09. The molecule has 0 aromatic heterocycles. The van der Waals surface area contributed by atoms with Crippen molar-refractivity contribution in [1.82, 2.24) is 10.2 Å². The van der Waals surface area contributed by atoms with Crippen molar-refractivity contribution in [1.29, 1.82) is 0 Å². The highest BCUT2D eigenvalue weighted by Gasteiger charge is 2.39. The molecule has 1 saturated heterocycles. The second-order valence-electron chi connectivity index (χ2n) is 7.68. The third-order valence-electron chi connectivity index (χ3n) is 5.29. The molecule has 160 valence electrons. The molecule has 3 rings (SSSR count). The van der Waals surface area contributed by atoms with E-state index in [-0.39, 0.29) is 23.5 Å². The highest BCUT2D eigenvalue weighted by molar-refractivity contribution is 6.31. The van der Waals surface area contributed by atoms with Crippen LogP contribution in [0.1, 0.15) is 25.3 Å². The molecular formula is C22H25ClFN3O3. The largest absolute Gasteiger partial charge is 0.497 e. The number of likely N-dealkylation sites (tertiary alicyclic amines) is 1. The van der Waals surface area contributed by atoms with E-state index in [1.165, 1.54) is 18.2 Å². The molecule has 1 aliphatic rings. The van der Waals surface area contributed by atoms with Gasteiger partial charge in [0.25, 0.3) is 0 Å². The van der Waals surface area contributed by atoms with E-state index in [1.54, 1.807) is 12.0 Å². The van der Waals surface area contributed by atoms with E-state index in [9.17, 15) is 14.0 Å². The molecule has 2 N–H and O–H groups in total. The lowest BCUT2D eigenvalue weighted by atomic mass is 9.81. The fourth-order valence-electron chi connectivity index (χ4n) is 3.55. The Balaban J connectivity index is 1.60. The minimum atomic E-state index is -0.700. The van der Waals surface area contributed by atoms with Crippen LogP contribution in [0.4, 0.5) is 14.9 Å². The molecule has 1 fully saturated rings. The van der Waals surface area contributed by atoms with Crippen LogP contribution in [-0.2, 0) is 11.3 Å². The van der Waals surface area contributed by atoms with Gasteiger partial charge in [-0.25, -0.2) is 9.18 Å². The van der Waals surface area contributed by atoms with Gasteiger partial charge in [-0.1, -0.05) is 23.7 Å². The Hall–Kier alpha value is -2.80. The zero-order chi connectivity index (χ0) is 21.7. The number of anilines is 1. The number of nitrogens with one attached hydrogen (secondary N) is 2. The van der Waals surface area contributed by atoms with E-state index in [2.05, 4.69) is 10.6 Å². The van der Waals surface area contributed by atoms with Gasteiger partial charge in [0.1, 0.15) is 11.6 Å². The fourth-order valence-corrected chi connectivity index (χ4v) is 3.73. The van der Waals surface area contributed by atoms with Crippen molar-refractivity contribution in [3.63, 3.8) is 0 Å². The van der Waals surface area contributed by atoms with E-state index in [1.807, 2.05) is 31.2 Å². The number of urea groups is 1. The predicted molar refractivity (Wildman–Crippen MR) is 114 cm³/mol. The third-order valence-corrected chi connectivity index (χ3v) is 5.58. The summed E-state index contributed by atoms with van der Waals surface area (Å²) in [5.74, 6) is 0.0786. The monoisotopic (exact) mass is 433 g/mol. The summed E-state index contributed by atoms with van der Waals surface area (Å²) in [6.45, 7) is 3.07. The first-order chi connectivity index (χ1) is 14.3. The van der Waals surface area contributed by atoms with Crippen molar-refractivity contribution in [2.45, 2.75) is 26.3 Å². The van der Waals surface area contributed by atoms with Crippen LogP contribution in [0, 0.1) is 11.2 Å². The number of nitrogens with zero attached hydrogens (tertiary/aromatic N) is 1. The zero-order valence-corrected chi connectivity index (χ0v) is 17.8. The maximum atomic E-state index is 13.3. The van der Waals surface area contributed by atoms with Gasteiger partial charge in [-0.2, -0.15) is 0 Å². The van der Waals surface area contributed by atoms with E-state index >= 15 is 0 Å². The van der Waals surface area contributed by atoms with Gasteiger partial charge in [0.2, 0.25) is 5.91 Å². The van der Waals surface area contributed by atoms with Crippen molar-refractivity contribution < 1.29 is 18.7 Å². The molecule has 2 aromatic carbocycles. The normalized spacial score (nSPS) is 18.6. The van der Waals surface area contributed by atoms with Gasteiger partial charge in [0.05, 0.1) is 17.5 Å². The second kappa shape index (κ2) is 9.34. The topological polar surface area (TPSA) is 70.7 Å². The Kier molecular flexibility index (Phi) is 6.82. The van der Waals surface area contributed by atoms with Gasteiger partial charge in [0.15, 0.2) is 0 Å². The number of methoxy groups -OCH3 is 1. The molecule has 8 heteroatoms. The van der Waals surface area contributed by atoms with Gasteiger partial charge in [-0.3, -0.25) is 4.79 Å². The van der Waals surface area contributed by atoms with Crippen molar-refractivity contribution in [3.8, 4) is 5.75 Å². The minimum absolute atomic E-state index is 0.0618. The van der Waals surface area contributed by atoms with Crippen LogP contribution in [0.25, 0.3) is 0 Å². The zero-order valence-electron chi connectivity index (χ0n) is 17.0. The number of carbonyl (C=O) groups excluding carboxylic acids is 2. The molecule has 1 aliphatic heterocycles. The lowest BCUT2D eigenvalue weighted by Gasteiger charge is -2.39. The quantitative estimate of drug-likeness (QED) is 0.732. The molecule has 0 spiro atoms. The van der Waals surface area contributed by atoms with Crippen LogP contribution in [-0.4, -0.2) is 37.0 Å². The summed E-state index contributed by atoms with van der Waals surface area (Å²) >= 11 is 5.77. The summed E-state index contributed by atoms with van der Waals surface area (Å²) < 4.78 is 18.5. The number of hydrogen-bond acceptors (Lipinski definition) is 3. The molecule has 3 amide bonds. The molecule has 0 aliphatic carbocycles. The Labute approximate surface area is 180 Å². The highest BCUT2D eigenvalue weighted by atomic mass is 35.5. The molecule has 0 bridgehead atoms. The number of benzene rings is 2. The van der Waals surface area contributed by atoms with Gasteiger partial charge in [-0.15, -0.1) is 0 Å². The maximum absolute atomic E-state index is 13.3. The van der Waals surface area contributed by atoms with Gasteiger partial charge in [-0.05, 0) is 55.7 Å². The first-order valence-corrected chi connectivity index (χ1v) is 10.1. The lowest BCUT2D eigenvalue weighted by molar-refractivity contribution is -0.132. The van der Waals surface area contributed by atoms with E-state index in [0.717, 1.165) is 11.3 Å².